The van der Waals surface area contributed by atoms with Crippen molar-refractivity contribution < 1.29 is 9.26 Å². The topological polar surface area (TPSA) is 35.3 Å². The molecule has 0 unspecified atom stereocenters. The van der Waals surface area contributed by atoms with Crippen LogP contribution in [0.2, 0.25) is 10.0 Å². The molecule has 1 aromatic carbocycles. The molecule has 1 heterocycles. The van der Waals surface area contributed by atoms with Gasteiger partial charge in [0.25, 0.3) is 0 Å². The second kappa shape index (κ2) is 6.89. The maximum absolute atomic E-state index is 6.62. The Balaban J connectivity index is 1.46. The highest BCUT2D eigenvalue weighted by Gasteiger charge is 2.48. The van der Waals surface area contributed by atoms with E-state index in [1.165, 1.54) is 19.3 Å². The number of fused-ring (bicyclic) bond motifs is 3. The summed E-state index contributed by atoms with van der Waals surface area (Å²) in [5.74, 6) is 1.43. The van der Waals surface area contributed by atoms with Gasteiger partial charge in [0.15, 0.2) is 0 Å². The molecule has 4 aliphatic carbocycles. The van der Waals surface area contributed by atoms with E-state index in [0.29, 0.717) is 26.0 Å². The first-order valence-corrected chi connectivity index (χ1v) is 11.6. The Labute approximate surface area is 183 Å². The van der Waals surface area contributed by atoms with Gasteiger partial charge in [-0.05, 0) is 63.5 Å². The number of ether oxygens (including phenoxy) is 1. The van der Waals surface area contributed by atoms with Crippen LogP contribution in [0.1, 0.15) is 68.6 Å². The van der Waals surface area contributed by atoms with Gasteiger partial charge in [-0.2, -0.15) is 0 Å². The Morgan fingerprint density at radius 2 is 1.70 bits per heavy atom. The molecule has 6 rings (SSSR count). The third-order valence-electron chi connectivity index (χ3n) is 6.57. The van der Waals surface area contributed by atoms with Crippen molar-refractivity contribution in [1.82, 2.24) is 5.16 Å². The number of nitrogens with zero attached hydrogens (tertiary/aromatic N) is 1. The van der Waals surface area contributed by atoms with Crippen LogP contribution in [0, 0.1) is 0 Å². The van der Waals surface area contributed by atoms with Gasteiger partial charge in [-0.1, -0.05) is 57.0 Å². The highest BCUT2D eigenvalue weighted by Crippen LogP contribution is 2.54. The van der Waals surface area contributed by atoms with Crippen LogP contribution in [-0.4, -0.2) is 14.2 Å². The quantitative estimate of drug-likeness (QED) is 0.308. The van der Waals surface area contributed by atoms with Crippen molar-refractivity contribution >= 4 is 45.8 Å². The lowest BCUT2D eigenvalue weighted by atomic mass is 9.67. The number of hydrogen-bond donors (Lipinski definition) is 0. The fraction of sp³-hybridized carbons (Fsp3) is 0.571. The number of halogens is 3. The van der Waals surface area contributed by atoms with Gasteiger partial charge in [0.1, 0.15) is 11.5 Å². The lowest BCUT2D eigenvalue weighted by molar-refractivity contribution is -0.111. The molecule has 0 atom stereocenters. The summed E-state index contributed by atoms with van der Waals surface area (Å²) in [6.07, 6.45) is 9.55. The maximum Gasteiger partial charge on any atom is 0.145 e. The van der Waals surface area contributed by atoms with E-state index < -0.39 is 0 Å². The first-order valence-electron chi connectivity index (χ1n) is 9.74. The van der Waals surface area contributed by atoms with Crippen molar-refractivity contribution in [3.05, 3.63) is 39.6 Å². The van der Waals surface area contributed by atoms with E-state index in [1.807, 2.05) is 18.2 Å². The minimum absolute atomic E-state index is 0.0204. The monoisotopic (exact) mass is 517 g/mol. The average Bonchev–Trinajstić information content (AvgIpc) is 3.42. The Hall–Kier alpha value is -0.300. The maximum atomic E-state index is 6.62. The first kappa shape index (κ1) is 18.7. The summed E-state index contributed by atoms with van der Waals surface area (Å²) in [7, 11) is 0. The second-order valence-electron chi connectivity index (χ2n) is 8.37. The largest absolute Gasteiger partial charge is 0.370 e. The predicted molar refractivity (Wildman–Crippen MR) is 116 cm³/mol. The van der Waals surface area contributed by atoms with Gasteiger partial charge >= 0.3 is 0 Å². The molecule has 1 aromatic heterocycles. The number of benzene rings is 1. The van der Waals surface area contributed by atoms with E-state index in [1.54, 1.807) is 0 Å². The van der Waals surface area contributed by atoms with E-state index >= 15 is 0 Å². The SMILES string of the molecule is Clc1cccc(Cl)c1-c1noc(C2CC2)c1COC12CCC(I)(CC1)CC2. The van der Waals surface area contributed by atoms with Crippen LogP contribution >= 0.6 is 45.8 Å². The highest BCUT2D eigenvalue weighted by molar-refractivity contribution is 14.1. The molecular formula is C21H22Cl2INO2. The molecule has 0 spiro atoms. The molecule has 0 aliphatic heterocycles. The number of rotatable bonds is 5. The Morgan fingerprint density at radius 1 is 1.07 bits per heavy atom. The van der Waals surface area contributed by atoms with Crippen LogP contribution in [-0.2, 0) is 11.3 Å². The minimum Gasteiger partial charge on any atom is -0.370 e. The molecule has 4 aliphatic rings. The summed E-state index contributed by atoms with van der Waals surface area (Å²) in [6.45, 7) is 0.528. The van der Waals surface area contributed by atoms with E-state index in [9.17, 15) is 0 Å². The number of alkyl halides is 1. The van der Waals surface area contributed by atoms with E-state index in [2.05, 4.69) is 27.7 Å². The lowest BCUT2D eigenvalue weighted by Crippen LogP contribution is -2.48. The summed E-state index contributed by atoms with van der Waals surface area (Å²) in [5.41, 5.74) is 2.57. The fourth-order valence-electron chi connectivity index (χ4n) is 4.60. The van der Waals surface area contributed by atoms with Gasteiger partial charge < -0.3 is 9.26 Å². The number of aromatic nitrogens is 1. The summed E-state index contributed by atoms with van der Waals surface area (Å²) in [5, 5.41) is 5.58. The van der Waals surface area contributed by atoms with Gasteiger partial charge in [-0.25, -0.2) is 0 Å². The molecule has 6 heteroatoms. The normalized spacial score (nSPS) is 30.0. The molecule has 0 saturated heterocycles. The molecule has 4 fully saturated rings. The lowest BCUT2D eigenvalue weighted by Gasteiger charge is -2.50. The summed E-state index contributed by atoms with van der Waals surface area (Å²) in [6, 6.07) is 5.55. The molecular weight excluding hydrogens is 496 g/mol. The number of hydrogen-bond acceptors (Lipinski definition) is 3. The molecule has 2 bridgehead atoms. The van der Waals surface area contributed by atoms with Crippen LogP contribution in [0.15, 0.2) is 22.7 Å². The van der Waals surface area contributed by atoms with Gasteiger partial charge in [0, 0.05) is 20.5 Å². The van der Waals surface area contributed by atoms with Crippen molar-refractivity contribution in [2.75, 3.05) is 0 Å². The van der Waals surface area contributed by atoms with Crippen molar-refractivity contribution in [2.45, 2.75) is 72.9 Å². The molecule has 4 saturated carbocycles. The summed E-state index contributed by atoms with van der Waals surface area (Å²) >= 11 is 15.6. The fourth-order valence-corrected chi connectivity index (χ4v) is 5.98. The third-order valence-corrected chi connectivity index (χ3v) is 8.82. The van der Waals surface area contributed by atoms with Crippen LogP contribution in [0.4, 0.5) is 0 Å². The highest BCUT2D eigenvalue weighted by atomic mass is 127. The molecule has 0 radical (unpaired) electrons. The standard InChI is InChI=1S/C21H22Cl2INO2/c22-15-2-1-3-16(23)17(15)18-14(19(27-25-18)13-4-5-13)12-26-21-9-6-20(24,7-10-21)8-11-21/h1-3,13H,4-12H2. The molecule has 144 valence electrons. The first-order chi connectivity index (χ1) is 13.0. The Morgan fingerprint density at radius 3 is 2.30 bits per heavy atom. The van der Waals surface area contributed by atoms with Gasteiger partial charge in [0.2, 0.25) is 0 Å². The molecule has 27 heavy (non-hydrogen) atoms. The Bertz CT molecular complexity index is 832. The Kier molecular flexibility index (Phi) is 4.78. The van der Waals surface area contributed by atoms with Crippen LogP contribution in [0.25, 0.3) is 11.3 Å². The molecule has 3 nitrogen and oxygen atoms in total. The zero-order chi connectivity index (χ0) is 18.6. The van der Waals surface area contributed by atoms with Crippen LogP contribution < -0.4 is 0 Å². The van der Waals surface area contributed by atoms with Crippen molar-refractivity contribution in [1.29, 1.82) is 0 Å². The second-order valence-corrected chi connectivity index (χ2v) is 11.5. The molecule has 0 N–H and O–H groups in total. The van der Waals surface area contributed by atoms with E-state index in [0.717, 1.165) is 54.7 Å². The minimum atomic E-state index is 0.0204. The molecule has 2 aromatic rings. The third kappa shape index (κ3) is 3.45. The van der Waals surface area contributed by atoms with Gasteiger partial charge in [0.05, 0.1) is 22.3 Å². The van der Waals surface area contributed by atoms with Crippen molar-refractivity contribution in [3.8, 4) is 11.3 Å². The summed E-state index contributed by atoms with van der Waals surface area (Å²) in [4.78, 5) is 0. The van der Waals surface area contributed by atoms with Gasteiger partial charge in [-0.15, -0.1) is 0 Å². The smallest absolute Gasteiger partial charge is 0.145 e. The zero-order valence-corrected chi connectivity index (χ0v) is 18.7. The van der Waals surface area contributed by atoms with Gasteiger partial charge in [-0.3, -0.25) is 0 Å². The summed E-state index contributed by atoms with van der Waals surface area (Å²) < 4.78 is 12.9. The molecule has 0 amide bonds. The van der Waals surface area contributed by atoms with Crippen molar-refractivity contribution in [3.63, 3.8) is 0 Å². The zero-order valence-electron chi connectivity index (χ0n) is 15.1. The van der Waals surface area contributed by atoms with Crippen molar-refractivity contribution in [2.24, 2.45) is 0 Å². The van der Waals surface area contributed by atoms with Crippen LogP contribution in [0.5, 0.6) is 0 Å². The predicted octanol–water partition coefficient (Wildman–Crippen LogP) is 7.32. The van der Waals surface area contributed by atoms with E-state index in [4.69, 9.17) is 32.5 Å². The average molecular weight is 518 g/mol. The van der Waals surface area contributed by atoms with E-state index in [-0.39, 0.29) is 5.60 Å². The van der Waals surface area contributed by atoms with Crippen LogP contribution in [0.3, 0.4) is 0 Å².